The highest BCUT2D eigenvalue weighted by atomic mass is 32.2. The van der Waals surface area contributed by atoms with Gasteiger partial charge in [0.05, 0.1) is 0 Å². The third-order valence-electron chi connectivity index (χ3n) is 2.69. The summed E-state index contributed by atoms with van der Waals surface area (Å²) >= 11 is 0. The van der Waals surface area contributed by atoms with Gasteiger partial charge in [0.15, 0.2) is 0 Å². The average molecular weight is 289 g/mol. The topological polar surface area (TPSA) is 90.1 Å². The van der Waals surface area contributed by atoms with Crippen LogP contribution in [0.4, 0.5) is 0 Å². The van der Waals surface area contributed by atoms with Gasteiger partial charge in [0.25, 0.3) is 10.2 Å². The Hall–Kier alpha value is -0.960. The minimum Gasteiger partial charge on any atom is -0.349 e. The number of rotatable bonds is 10. The summed E-state index contributed by atoms with van der Waals surface area (Å²) in [5, 5.41) is 3.16. The second-order valence-electron chi connectivity index (χ2n) is 4.21. The molecular weight excluding hydrogens is 266 g/mol. The summed E-state index contributed by atoms with van der Waals surface area (Å²) in [7, 11) is -1.80. The number of imidazole rings is 1. The number of aromatic amines is 1. The van der Waals surface area contributed by atoms with Crippen molar-refractivity contribution in [2.75, 3.05) is 33.2 Å². The lowest BCUT2D eigenvalue weighted by atomic mass is 10.4. The molecule has 0 amide bonds. The number of H-pyrrole nitrogens is 1. The van der Waals surface area contributed by atoms with E-state index in [4.69, 9.17) is 0 Å². The van der Waals surface area contributed by atoms with E-state index in [-0.39, 0.29) is 0 Å². The number of nitrogens with one attached hydrogen (secondary N) is 3. The Balaban J connectivity index is 2.25. The van der Waals surface area contributed by atoms with E-state index in [1.54, 1.807) is 19.4 Å². The summed E-state index contributed by atoms with van der Waals surface area (Å²) in [5.41, 5.74) is 0. The Bertz CT molecular complexity index is 432. The van der Waals surface area contributed by atoms with Gasteiger partial charge in [-0.05, 0) is 19.5 Å². The van der Waals surface area contributed by atoms with Gasteiger partial charge in [-0.3, -0.25) is 0 Å². The van der Waals surface area contributed by atoms with Crippen molar-refractivity contribution in [3.8, 4) is 0 Å². The van der Waals surface area contributed by atoms with Crippen molar-refractivity contribution in [3.63, 3.8) is 0 Å². The maximum absolute atomic E-state index is 11.9. The molecule has 0 aliphatic rings. The third kappa shape index (κ3) is 6.15. The first-order valence-corrected chi connectivity index (χ1v) is 7.90. The van der Waals surface area contributed by atoms with Gasteiger partial charge in [0.2, 0.25) is 0 Å². The lowest BCUT2D eigenvalue weighted by molar-refractivity contribution is 0.446. The molecule has 3 N–H and O–H groups in total. The second-order valence-corrected chi connectivity index (χ2v) is 6.08. The third-order valence-corrected chi connectivity index (χ3v) is 4.26. The van der Waals surface area contributed by atoms with E-state index in [2.05, 4.69) is 20.0 Å². The fourth-order valence-corrected chi connectivity index (χ4v) is 2.52. The highest BCUT2D eigenvalue weighted by Crippen LogP contribution is 1.96. The van der Waals surface area contributed by atoms with Crippen LogP contribution in [0.15, 0.2) is 12.4 Å². The Morgan fingerprint density at radius 2 is 2.21 bits per heavy atom. The van der Waals surface area contributed by atoms with Crippen LogP contribution in [-0.4, -0.2) is 55.9 Å². The summed E-state index contributed by atoms with van der Waals surface area (Å²) in [6.07, 6.45) is 4.72. The van der Waals surface area contributed by atoms with Crippen molar-refractivity contribution >= 4 is 10.2 Å². The predicted octanol–water partition coefficient (Wildman–Crippen LogP) is -0.282. The normalized spacial score (nSPS) is 12.2. The maximum Gasteiger partial charge on any atom is 0.279 e. The van der Waals surface area contributed by atoms with E-state index < -0.39 is 10.2 Å². The molecule has 110 valence electrons. The van der Waals surface area contributed by atoms with Gasteiger partial charge < -0.3 is 10.3 Å². The van der Waals surface area contributed by atoms with E-state index in [9.17, 15) is 8.42 Å². The molecule has 0 aromatic carbocycles. The van der Waals surface area contributed by atoms with Crippen LogP contribution in [0.3, 0.4) is 0 Å². The largest absolute Gasteiger partial charge is 0.349 e. The van der Waals surface area contributed by atoms with Crippen LogP contribution in [0.5, 0.6) is 0 Å². The van der Waals surface area contributed by atoms with Crippen molar-refractivity contribution in [2.24, 2.45) is 0 Å². The molecule has 0 aliphatic heterocycles. The lowest BCUT2D eigenvalue weighted by Gasteiger charge is -2.17. The number of aromatic nitrogens is 2. The Labute approximate surface area is 115 Å². The van der Waals surface area contributed by atoms with Crippen molar-refractivity contribution in [3.05, 3.63) is 18.2 Å². The van der Waals surface area contributed by atoms with E-state index >= 15 is 0 Å². The van der Waals surface area contributed by atoms with Crippen molar-refractivity contribution < 1.29 is 8.42 Å². The van der Waals surface area contributed by atoms with Crippen LogP contribution in [0.25, 0.3) is 0 Å². The van der Waals surface area contributed by atoms with Gasteiger partial charge in [0.1, 0.15) is 5.82 Å². The molecule has 1 rings (SSSR count). The van der Waals surface area contributed by atoms with Crippen LogP contribution in [0.2, 0.25) is 0 Å². The Morgan fingerprint density at radius 3 is 2.84 bits per heavy atom. The average Bonchev–Trinajstić information content (AvgIpc) is 2.87. The number of hydrogen-bond acceptors (Lipinski definition) is 4. The minimum absolute atomic E-state index is 0.341. The molecule has 0 saturated carbocycles. The summed E-state index contributed by atoms with van der Waals surface area (Å²) < 4.78 is 27.7. The van der Waals surface area contributed by atoms with Crippen LogP contribution in [-0.2, 0) is 16.6 Å². The molecular formula is C11H23N5O2S. The van der Waals surface area contributed by atoms with E-state index in [1.807, 2.05) is 6.92 Å². The molecule has 0 atom stereocenters. The SMILES string of the molecule is CCNCCCN(C)S(=O)(=O)NCCc1ncc[nH]1. The standard InChI is InChI=1S/C11H23N5O2S/c1-3-12-6-4-10-16(2)19(17,18)15-7-5-11-13-8-9-14-11/h8-9,12,15H,3-7,10H2,1-2H3,(H,13,14). The monoisotopic (exact) mass is 289 g/mol. The Morgan fingerprint density at radius 1 is 1.42 bits per heavy atom. The Kier molecular flexibility index (Phi) is 7.00. The van der Waals surface area contributed by atoms with E-state index in [0.29, 0.717) is 19.5 Å². The molecule has 0 radical (unpaired) electrons. The minimum atomic E-state index is -3.39. The summed E-state index contributed by atoms with van der Waals surface area (Å²) in [4.78, 5) is 6.97. The molecule has 7 nitrogen and oxygen atoms in total. The van der Waals surface area contributed by atoms with Crippen molar-refractivity contribution in [2.45, 2.75) is 19.8 Å². The molecule has 0 fully saturated rings. The first-order chi connectivity index (χ1) is 9.06. The van der Waals surface area contributed by atoms with Crippen LogP contribution in [0, 0.1) is 0 Å². The molecule has 0 aliphatic carbocycles. The number of hydrogen-bond donors (Lipinski definition) is 3. The predicted molar refractivity (Wildman–Crippen MR) is 75.0 cm³/mol. The smallest absolute Gasteiger partial charge is 0.279 e. The molecule has 8 heteroatoms. The van der Waals surface area contributed by atoms with Crippen LogP contribution in [0.1, 0.15) is 19.2 Å². The molecule has 0 unspecified atom stereocenters. The molecule has 19 heavy (non-hydrogen) atoms. The van der Waals surface area contributed by atoms with Gasteiger partial charge in [-0.1, -0.05) is 6.92 Å². The molecule has 1 heterocycles. The van der Waals surface area contributed by atoms with Gasteiger partial charge in [0, 0.05) is 39.0 Å². The quantitative estimate of drug-likeness (QED) is 0.517. The molecule has 1 aromatic heterocycles. The maximum atomic E-state index is 11.9. The summed E-state index contributed by atoms with van der Waals surface area (Å²) in [6.45, 7) is 4.59. The van der Waals surface area contributed by atoms with E-state index in [0.717, 1.165) is 25.3 Å². The zero-order valence-corrected chi connectivity index (χ0v) is 12.3. The van der Waals surface area contributed by atoms with Gasteiger partial charge in [-0.25, -0.2) is 9.71 Å². The first kappa shape index (κ1) is 16.1. The molecule has 1 aromatic rings. The highest BCUT2D eigenvalue weighted by molar-refractivity contribution is 7.87. The zero-order chi connectivity index (χ0) is 14.1. The van der Waals surface area contributed by atoms with Gasteiger partial charge in [-0.15, -0.1) is 0 Å². The highest BCUT2D eigenvalue weighted by Gasteiger charge is 2.16. The van der Waals surface area contributed by atoms with Crippen LogP contribution < -0.4 is 10.0 Å². The van der Waals surface area contributed by atoms with Gasteiger partial charge >= 0.3 is 0 Å². The van der Waals surface area contributed by atoms with Crippen molar-refractivity contribution in [1.29, 1.82) is 0 Å². The molecule has 0 saturated heterocycles. The molecule has 0 bridgehead atoms. The van der Waals surface area contributed by atoms with Crippen molar-refractivity contribution in [1.82, 2.24) is 24.3 Å². The van der Waals surface area contributed by atoms with Crippen LogP contribution >= 0.6 is 0 Å². The van der Waals surface area contributed by atoms with E-state index in [1.165, 1.54) is 4.31 Å². The van der Waals surface area contributed by atoms with Gasteiger partial charge in [-0.2, -0.15) is 12.7 Å². The molecule has 0 spiro atoms. The number of nitrogens with zero attached hydrogens (tertiary/aromatic N) is 2. The fourth-order valence-electron chi connectivity index (χ4n) is 1.57. The summed E-state index contributed by atoms with van der Waals surface area (Å²) in [6, 6.07) is 0. The first-order valence-electron chi connectivity index (χ1n) is 6.46. The zero-order valence-electron chi connectivity index (χ0n) is 11.5. The second kappa shape index (κ2) is 8.26. The fraction of sp³-hybridized carbons (Fsp3) is 0.727. The lowest BCUT2D eigenvalue weighted by Crippen LogP contribution is -2.40. The summed E-state index contributed by atoms with van der Waals surface area (Å²) in [5.74, 6) is 0.775.